The van der Waals surface area contributed by atoms with E-state index in [9.17, 15) is 9.59 Å². The Balaban J connectivity index is 1.53. The molecule has 1 aromatic rings. The van der Waals surface area contributed by atoms with Crippen LogP contribution >= 0.6 is 0 Å². The number of carbonyl (C=O) groups excluding carboxylic acids is 2. The number of amides is 2. The SMILES string of the molecule is NC(=O)[C@@H]1CCN(C(=O)C2CCN(c3ncccn3)CC2)C1. The smallest absolute Gasteiger partial charge is 0.225 e. The minimum absolute atomic E-state index is 0.0339. The van der Waals surface area contributed by atoms with Gasteiger partial charge in [0.2, 0.25) is 17.8 Å². The van der Waals surface area contributed by atoms with Crippen molar-refractivity contribution in [3.05, 3.63) is 18.5 Å². The molecular formula is C15H21N5O2. The summed E-state index contributed by atoms with van der Waals surface area (Å²) in [6.45, 7) is 2.70. The van der Waals surface area contributed by atoms with Gasteiger partial charge in [0.25, 0.3) is 0 Å². The Morgan fingerprint density at radius 1 is 1.05 bits per heavy atom. The molecule has 2 saturated heterocycles. The lowest BCUT2D eigenvalue weighted by Gasteiger charge is -2.33. The second-order valence-electron chi connectivity index (χ2n) is 5.98. The molecule has 2 aliphatic heterocycles. The molecule has 7 nitrogen and oxygen atoms in total. The summed E-state index contributed by atoms with van der Waals surface area (Å²) in [7, 11) is 0. The van der Waals surface area contributed by atoms with E-state index < -0.39 is 0 Å². The van der Waals surface area contributed by atoms with Crippen LogP contribution in [0.4, 0.5) is 5.95 Å². The van der Waals surface area contributed by atoms with Crippen LogP contribution in [0.3, 0.4) is 0 Å². The molecule has 0 radical (unpaired) electrons. The third kappa shape index (κ3) is 3.03. The molecule has 1 atom stereocenters. The van der Waals surface area contributed by atoms with Gasteiger partial charge in [-0.1, -0.05) is 0 Å². The molecule has 0 spiro atoms. The summed E-state index contributed by atoms with van der Waals surface area (Å²) in [6.07, 6.45) is 5.75. The zero-order valence-corrected chi connectivity index (χ0v) is 12.5. The molecule has 0 aromatic carbocycles. The third-order valence-corrected chi connectivity index (χ3v) is 4.58. The number of likely N-dealkylation sites (tertiary alicyclic amines) is 1. The van der Waals surface area contributed by atoms with Gasteiger partial charge in [-0.2, -0.15) is 0 Å². The van der Waals surface area contributed by atoms with Gasteiger partial charge in [-0.25, -0.2) is 9.97 Å². The van der Waals surface area contributed by atoms with Crippen LogP contribution < -0.4 is 10.6 Å². The van der Waals surface area contributed by atoms with Crippen LogP contribution in [-0.2, 0) is 9.59 Å². The monoisotopic (exact) mass is 303 g/mol. The standard InChI is InChI=1S/C15H21N5O2/c16-13(21)12-4-9-20(10-12)14(22)11-2-7-19(8-3-11)15-17-5-1-6-18-15/h1,5-6,11-12H,2-4,7-10H2,(H2,16,21)/t12-/m1/s1. The molecule has 0 aliphatic carbocycles. The minimum Gasteiger partial charge on any atom is -0.369 e. The van der Waals surface area contributed by atoms with Crippen LogP contribution in [0.1, 0.15) is 19.3 Å². The first kappa shape index (κ1) is 14.7. The average molecular weight is 303 g/mol. The molecule has 2 fully saturated rings. The maximum absolute atomic E-state index is 12.5. The van der Waals surface area contributed by atoms with E-state index in [1.54, 1.807) is 23.4 Å². The zero-order valence-electron chi connectivity index (χ0n) is 12.5. The third-order valence-electron chi connectivity index (χ3n) is 4.58. The van der Waals surface area contributed by atoms with Crippen molar-refractivity contribution < 1.29 is 9.59 Å². The van der Waals surface area contributed by atoms with Gasteiger partial charge >= 0.3 is 0 Å². The molecule has 3 rings (SSSR count). The van der Waals surface area contributed by atoms with E-state index in [1.807, 2.05) is 0 Å². The molecule has 2 N–H and O–H groups in total. The highest BCUT2D eigenvalue weighted by Gasteiger charge is 2.34. The van der Waals surface area contributed by atoms with E-state index in [-0.39, 0.29) is 23.7 Å². The first-order valence-electron chi connectivity index (χ1n) is 7.75. The van der Waals surface area contributed by atoms with Crippen LogP contribution in [0.2, 0.25) is 0 Å². The first-order valence-corrected chi connectivity index (χ1v) is 7.75. The summed E-state index contributed by atoms with van der Waals surface area (Å²) < 4.78 is 0. The number of nitrogens with two attached hydrogens (primary N) is 1. The molecule has 22 heavy (non-hydrogen) atoms. The van der Waals surface area contributed by atoms with Crippen molar-refractivity contribution in [2.75, 3.05) is 31.1 Å². The summed E-state index contributed by atoms with van der Waals surface area (Å²) in [5, 5.41) is 0. The lowest BCUT2D eigenvalue weighted by molar-refractivity contribution is -0.135. The molecule has 2 amide bonds. The number of piperidine rings is 1. The fraction of sp³-hybridized carbons (Fsp3) is 0.600. The minimum atomic E-state index is -0.300. The second kappa shape index (κ2) is 6.29. The Hall–Kier alpha value is -2.18. The molecule has 0 bridgehead atoms. The van der Waals surface area contributed by atoms with Crippen LogP contribution in [-0.4, -0.2) is 52.9 Å². The molecule has 3 heterocycles. The van der Waals surface area contributed by atoms with E-state index in [1.165, 1.54) is 0 Å². The van der Waals surface area contributed by atoms with Gasteiger partial charge in [0.15, 0.2) is 0 Å². The number of aromatic nitrogens is 2. The van der Waals surface area contributed by atoms with Crippen molar-refractivity contribution in [2.45, 2.75) is 19.3 Å². The van der Waals surface area contributed by atoms with Crippen molar-refractivity contribution in [1.82, 2.24) is 14.9 Å². The predicted octanol–water partition coefficient (Wildman–Crippen LogP) is 0.0268. The Labute approximate surface area is 129 Å². The number of carbonyl (C=O) groups is 2. The zero-order chi connectivity index (χ0) is 15.5. The van der Waals surface area contributed by atoms with Gasteiger partial charge in [-0.3, -0.25) is 9.59 Å². The maximum atomic E-state index is 12.5. The van der Waals surface area contributed by atoms with Crippen LogP contribution in [0.5, 0.6) is 0 Å². The lowest BCUT2D eigenvalue weighted by atomic mass is 9.95. The lowest BCUT2D eigenvalue weighted by Crippen LogP contribution is -2.42. The van der Waals surface area contributed by atoms with Gasteiger partial charge in [0.1, 0.15) is 0 Å². The second-order valence-corrected chi connectivity index (χ2v) is 5.98. The van der Waals surface area contributed by atoms with E-state index >= 15 is 0 Å². The Morgan fingerprint density at radius 3 is 2.27 bits per heavy atom. The number of nitrogens with zero attached hydrogens (tertiary/aromatic N) is 4. The van der Waals surface area contributed by atoms with Gasteiger partial charge in [0.05, 0.1) is 5.92 Å². The molecular weight excluding hydrogens is 282 g/mol. The summed E-state index contributed by atoms with van der Waals surface area (Å²) in [5.74, 6) is 0.445. The quantitative estimate of drug-likeness (QED) is 0.850. The summed E-state index contributed by atoms with van der Waals surface area (Å²) in [4.78, 5) is 36.2. The van der Waals surface area contributed by atoms with E-state index in [4.69, 9.17) is 5.73 Å². The number of hydrogen-bond acceptors (Lipinski definition) is 5. The van der Waals surface area contributed by atoms with Gasteiger partial charge in [-0.05, 0) is 25.3 Å². The van der Waals surface area contributed by atoms with Crippen molar-refractivity contribution in [1.29, 1.82) is 0 Å². The number of rotatable bonds is 3. The summed E-state index contributed by atoms with van der Waals surface area (Å²) in [6, 6.07) is 1.79. The summed E-state index contributed by atoms with van der Waals surface area (Å²) in [5.41, 5.74) is 5.32. The van der Waals surface area contributed by atoms with E-state index in [0.29, 0.717) is 19.5 Å². The van der Waals surface area contributed by atoms with Crippen LogP contribution in [0, 0.1) is 11.8 Å². The Morgan fingerprint density at radius 2 is 1.68 bits per heavy atom. The van der Waals surface area contributed by atoms with Crippen molar-refractivity contribution in [3.63, 3.8) is 0 Å². The highest BCUT2D eigenvalue weighted by atomic mass is 16.2. The number of anilines is 1. The molecule has 2 aliphatic rings. The molecule has 7 heteroatoms. The predicted molar refractivity (Wildman–Crippen MR) is 80.9 cm³/mol. The molecule has 0 unspecified atom stereocenters. The van der Waals surface area contributed by atoms with Crippen molar-refractivity contribution >= 4 is 17.8 Å². The molecule has 1 aromatic heterocycles. The van der Waals surface area contributed by atoms with Crippen molar-refractivity contribution in [3.8, 4) is 0 Å². The van der Waals surface area contributed by atoms with Crippen LogP contribution in [0.25, 0.3) is 0 Å². The summed E-state index contributed by atoms with van der Waals surface area (Å²) >= 11 is 0. The highest BCUT2D eigenvalue weighted by Crippen LogP contribution is 2.25. The van der Waals surface area contributed by atoms with E-state index in [0.717, 1.165) is 31.9 Å². The highest BCUT2D eigenvalue weighted by molar-refractivity contribution is 5.82. The topological polar surface area (TPSA) is 92.4 Å². The average Bonchev–Trinajstić information content (AvgIpc) is 3.05. The fourth-order valence-corrected chi connectivity index (χ4v) is 3.23. The Bertz CT molecular complexity index is 542. The Kier molecular flexibility index (Phi) is 4.22. The van der Waals surface area contributed by atoms with Crippen molar-refractivity contribution in [2.24, 2.45) is 17.6 Å². The van der Waals surface area contributed by atoms with Gasteiger partial charge in [-0.15, -0.1) is 0 Å². The number of primary amides is 1. The molecule has 0 saturated carbocycles. The fourth-order valence-electron chi connectivity index (χ4n) is 3.23. The number of hydrogen-bond donors (Lipinski definition) is 1. The molecule has 118 valence electrons. The van der Waals surface area contributed by atoms with Gasteiger partial charge < -0.3 is 15.5 Å². The maximum Gasteiger partial charge on any atom is 0.225 e. The normalized spacial score (nSPS) is 22.8. The largest absolute Gasteiger partial charge is 0.369 e. The van der Waals surface area contributed by atoms with E-state index in [2.05, 4.69) is 14.9 Å². The first-order chi connectivity index (χ1) is 10.6. The van der Waals surface area contributed by atoms with Crippen LogP contribution in [0.15, 0.2) is 18.5 Å². The van der Waals surface area contributed by atoms with Gasteiger partial charge in [0, 0.05) is 44.5 Å².